The maximum absolute atomic E-state index is 11.9. The SMILES string of the molecule is Cc1ccc2oc(=O)c(-c3csc(C)n3)cc2c1. The van der Waals surface area contributed by atoms with Crippen LogP contribution >= 0.6 is 11.3 Å². The molecular weight excluding hydrogens is 246 g/mol. The third-order valence-corrected chi connectivity index (χ3v) is 3.56. The van der Waals surface area contributed by atoms with Crippen LogP contribution in [0.1, 0.15) is 10.6 Å². The number of hydrogen-bond donors (Lipinski definition) is 0. The second-order valence-electron chi connectivity index (χ2n) is 4.24. The predicted molar refractivity (Wildman–Crippen MR) is 73.1 cm³/mol. The van der Waals surface area contributed by atoms with Crippen LogP contribution in [-0.4, -0.2) is 4.98 Å². The highest BCUT2D eigenvalue weighted by Crippen LogP contribution is 2.23. The summed E-state index contributed by atoms with van der Waals surface area (Å²) in [7, 11) is 0. The van der Waals surface area contributed by atoms with E-state index >= 15 is 0 Å². The molecule has 0 unspecified atom stereocenters. The van der Waals surface area contributed by atoms with Crippen LogP contribution in [0, 0.1) is 13.8 Å². The number of aryl methyl sites for hydroxylation is 2. The molecule has 4 heteroatoms. The van der Waals surface area contributed by atoms with E-state index in [0.29, 0.717) is 16.8 Å². The van der Waals surface area contributed by atoms with Crippen molar-refractivity contribution in [3.63, 3.8) is 0 Å². The molecule has 0 saturated carbocycles. The molecule has 0 bridgehead atoms. The van der Waals surface area contributed by atoms with Gasteiger partial charge in [0.25, 0.3) is 0 Å². The maximum atomic E-state index is 11.9. The topological polar surface area (TPSA) is 43.1 Å². The van der Waals surface area contributed by atoms with Crippen LogP contribution in [0.3, 0.4) is 0 Å². The lowest BCUT2D eigenvalue weighted by atomic mass is 10.1. The molecule has 18 heavy (non-hydrogen) atoms. The number of fused-ring (bicyclic) bond motifs is 1. The summed E-state index contributed by atoms with van der Waals surface area (Å²) >= 11 is 1.52. The number of nitrogens with zero attached hydrogens (tertiary/aromatic N) is 1. The molecule has 90 valence electrons. The van der Waals surface area contributed by atoms with Crippen molar-refractivity contribution in [3.8, 4) is 11.3 Å². The van der Waals surface area contributed by atoms with Crippen molar-refractivity contribution in [1.82, 2.24) is 4.98 Å². The first-order valence-electron chi connectivity index (χ1n) is 5.60. The average molecular weight is 257 g/mol. The van der Waals surface area contributed by atoms with Gasteiger partial charge in [-0.3, -0.25) is 0 Å². The molecular formula is C14H11NO2S. The molecule has 0 fully saturated rings. The minimum atomic E-state index is -0.336. The molecule has 0 aliphatic rings. The van der Waals surface area contributed by atoms with E-state index in [-0.39, 0.29) is 5.63 Å². The zero-order valence-electron chi connectivity index (χ0n) is 10.1. The Bertz CT molecular complexity index is 786. The standard InChI is InChI=1S/C14H11NO2S/c1-8-3-4-13-10(5-8)6-11(14(16)17-13)12-7-18-9(2)15-12/h3-7H,1-2H3. The van der Waals surface area contributed by atoms with Crippen LogP contribution in [0.25, 0.3) is 22.2 Å². The first-order chi connectivity index (χ1) is 8.63. The zero-order valence-corrected chi connectivity index (χ0v) is 10.9. The fourth-order valence-corrected chi connectivity index (χ4v) is 2.52. The molecule has 1 aromatic carbocycles. The fourth-order valence-electron chi connectivity index (χ4n) is 1.91. The summed E-state index contributed by atoms with van der Waals surface area (Å²) < 4.78 is 5.32. The van der Waals surface area contributed by atoms with Crippen LogP contribution in [0.2, 0.25) is 0 Å². The van der Waals surface area contributed by atoms with Gasteiger partial charge in [-0.25, -0.2) is 9.78 Å². The second-order valence-corrected chi connectivity index (χ2v) is 5.30. The van der Waals surface area contributed by atoms with Crippen LogP contribution in [0.5, 0.6) is 0 Å². The minimum Gasteiger partial charge on any atom is -0.422 e. The number of hydrogen-bond acceptors (Lipinski definition) is 4. The Morgan fingerprint density at radius 2 is 2.06 bits per heavy atom. The lowest BCUT2D eigenvalue weighted by Crippen LogP contribution is -2.02. The Kier molecular flexibility index (Phi) is 2.52. The Morgan fingerprint density at radius 1 is 1.22 bits per heavy atom. The van der Waals surface area contributed by atoms with E-state index in [0.717, 1.165) is 16.0 Å². The Hall–Kier alpha value is -1.94. The lowest BCUT2D eigenvalue weighted by Gasteiger charge is -2.00. The highest BCUT2D eigenvalue weighted by atomic mass is 32.1. The van der Waals surface area contributed by atoms with Gasteiger partial charge in [-0.2, -0.15) is 0 Å². The third-order valence-electron chi connectivity index (χ3n) is 2.78. The van der Waals surface area contributed by atoms with E-state index in [1.165, 1.54) is 11.3 Å². The van der Waals surface area contributed by atoms with Gasteiger partial charge in [0.1, 0.15) is 5.58 Å². The first kappa shape index (κ1) is 11.2. The van der Waals surface area contributed by atoms with Gasteiger partial charge in [-0.1, -0.05) is 11.6 Å². The van der Waals surface area contributed by atoms with Gasteiger partial charge in [0, 0.05) is 10.8 Å². The van der Waals surface area contributed by atoms with E-state index in [4.69, 9.17) is 4.42 Å². The van der Waals surface area contributed by atoms with Crippen molar-refractivity contribution in [2.24, 2.45) is 0 Å². The quantitative estimate of drug-likeness (QED) is 0.626. The number of benzene rings is 1. The Labute approximate surface area is 108 Å². The monoisotopic (exact) mass is 257 g/mol. The molecule has 2 heterocycles. The van der Waals surface area contributed by atoms with E-state index in [1.54, 1.807) is 0 Å². The van der Waals surface area contributed by atoms with Crippen molar-refractivity contribution in [3.05, 3.63) is 50.6 Å². The largest absolute Gasteiger partial charge is 0.422 e. The van der Waals surface area contributed by atoms with Crippen molar-refractivity contribution < 1.29 is 4.42 Å². The maximum Gasteiger partial charge on any atom is 0.345 e. The van der Waals surface area contributed by atoms with E-state index < -0.39 is 0 Å². The molecule has 3 nitrogen and oxygen atoms in total. The molecule has 0 amide bonds. The van der Waals surface area contributed by atoms with E-state index in [9.17, 15) is 4.79 Å². The molecule has 3 aromatic rings. The number of thiazole rings is 1. The predicted octanol–water partition coefficient (Wildman–Crippen LogP) is 3.53. The number of aromatic nitrogens is 1. The summed E-state index contributed by atoms with van der Waals surface area (Å²) in [5.41, 5.74) is 2.63. The van der Waals surface area contributed by atoms with Crippen LogP contribution in [0.15, 0.2) is 38.9 Å². The fraction of sp³-hybridized carbons (Fsp3) is 0.143. The molecule has 0 aliphatic heterocycles. The van der Waals surface area contributed by atoms with Gasteiger partial charge in [0.2, 0.25) is 0 Å². The smallest absolute Gasteiger partial charge is 0.345 e. The van der Waals surface area contributed by atoms with Crippen LogP contribution < -0.4 is 5.63 Å². The molecule has 2 aromatic heterocycles. The van der Waals surface area contributed by atoms with Crippen LogP contribution in [-0.2, 0) is 0 Å². The van der Waals surface area contributed by atoms with E-state index in [2.05, 4.69) is 4.98 Å². The summed E-state index contributed by atoms with van der Waals surface area (Å²) in [4.78, 5) is 16.3. The molecule has 0 N–H and O–H groups in total. The highest BCUT2D eigenvalue weighted by molar-refractivity contribution is 7.09. The van der Waals surface area contributed by atoms with Crippen molar-refractivity contribution in [2.75, 3.05) is 0 Å². The third kappa shape index (κ3) is 1.84. The van der Waals surface area contributed by atoms with Crippen molar-refractivity contribution in [1.29, 1.82) is 0 Å². The van der Waals surface area contributed by atoms with Crippen LogP contribution in [0.4, 0.5) is 0 Å². The molecule has 0 radical (unpaired) electrons. The summed E-state index contributed by atoms with van der Waals surface area (Å²) in [6.07, 6.45) is 0. The van der Waals surface area contributed by atoms with Gasteiger partial charge in [0.05, 0.1) is 16.3 Å². The van der Waals surface area contributed by atoms with Gasteiger partial charge in [0.15, 0.2) is 0 Å². The van der Waals surface area contributed by atoms with Crippen molar-refractivity contribution >= 4 is 22.3 Å². The molecule has 3 rings (SSSR count). The van der Waals surface area contributed by atoms with E-state index in [1.807, 2.05) is 43.5 Å². The van der Waals surface area contributed by atoms with Gasteiger partial charge < -0.3 is 4.42 Å². The summed E-state index contributed by atoms with van der Waals surface area (Å²) in [5.74, 6) is 0. The Balaban J connectivity index is 2.29. The van der Waals surface area contributed by atoms with Crippen molar-refractivity contribution in [2.45, 2.75) is 13.8 Å². The second kappa shape index (κ2) is 4.07. The van der Waals surface area contributed by atoms with Gasteiger partial charge >= 0.3 is 5.63 Å². The summed E-state index contributed by atoms with van der Waals surface area (Å²) in [6.45, 7) is 3.93. The zero-order chi connectivity index (χ0) is 12.7. The Morgan fingerprint density at radius 3 is 2.78 bits per heavy atom. The summed E-state index contributed by atoms with van der Waals surface area (Å²) in [6, 6.07) is 7.60. The first-order valence-corrected chi connectivity index (χ1v) is 6.48. The average Bonchev–Trinajstić information content (AvgIpc) is 2.75. The molecule has 0 atom stereocenters. The molecule has 0 aliphatic carbocycles. The number of rotatable bonds is 1. The normalized spacial score (nSPS) is 11.0. The summed E-state index contributed by atoms with van der Waals surface area (Å²) in [5, 5.41) is 3.74. The molecule has 0 spiro atoms. The minimum absolute atomic E-state index is 0.336. The van der Waals surface area contributed by atoms with Gasteiger partial charge in [-0.05, 0) is 32.0 Å². The molecule has 0 saturated heterocycles. The highest BCUT2D eigenvalue weighted by Gasteiger charge is 2.10. The lowest BCUT2D eigenvalue weighted by molar-refractivity contribution is 0.563. The van der Waals surface area contributed by atoms with Gasteiger partial charge in [-0.15, -0.1) is 11.3 Å².